The molecule has 1 fully saturated rings. The minimum absolute atomic E-state index is 0. The molecule has 5 nitrogen and oxygen atoms in total. The fourth-order valence-electron chi connectivity index (χ4n) is 3.52. The number of nitrogen functional groups attached to an aromatic ring is 1. The van der Waals surface area contributed by atoms with Crippen LogP contribution in [0.5, 0.6) is 0 Å². The number of rotatable bonds is 6. The number of carbonyl (C=O) groups excluding carboxylic acids is 1. The highest BCUT2D eigenvalue weighted by atomic mass is 35.5. The van der Waals surface area contributed by atoms with Gasteiger partial charge in [-0.3, -0.25) is 9.69 Å². The number of carbonyl (C=O) groups is 1. The summed E-state index contributed by atoms with van der Waals surface area (Å²) in [5.41, 5.74) is 9.73. The van der Waals surface area contributed by atoms with Crippen molar-refractivity contribution in [3.8, 4) is 0 Å². The summed E-state index contributed by atoms with van der Waals surface area (Å²) < 4.78 is 5.79. The second-order valence-electron chi connectivity index (χ2n) is 7.46. The Balaban J connectivity index is 0.00000210. The van der Waals surface area contributed by atoms with Gasteiger partial charge in [0.1, 0.15) is 0 Å². The zero-order valence-electron chi connectivity index (χ0n) is 17.0. The highest BCUT2D eigenvalue weighted by Gasteiger charge is 2.21. The second-order valence-corrected chi connectivity index (χ2v) is 7.46. The molecule has 1 saturated heterocycles. The number of nitrogens with two attached hydrogens (primary N) is 1. The van der Waals surface area contributed by atoms with E-state index in [-0.39, 0.29) is 42.9 Å². The number of hydrogen-bond acceptors (Lipinski definition) is 4. The molecule has 0 saturated carbocycles. The SMILES string of the molecule is CC1CN(Cc2ccc(CNC(=O)Cc3ccc(N)cc3)cc2)CC(C)O1.Cl.Cl. The standard InChI is InChI=1S/C22H29N3O2.2ClH/c1-16-13-25(14-17(2)27-16)15-20-5-3-19(4-6-20)12-24-22(26)11-18-7-9-21(23)10-8-18;;/h3-10,16-17H,11-15,23H2,1-2H3,(H,24,26);2*1H. The average Bonchev–Trinajstić information content (AvgIpc) is 2.62. The van der Waals surface area contributed by atoms with Gasteiger partial charge >= 0.3 is 0 Å². The molecule has 1 aliphatic heterocycles. The number of nitrogens with one attached hydrogen (secondary N) is 1. The zero-order chi connectivity index (χ0) is 19.2. The van der Waals surface area contributed by atoms with E-state index in [0.717, 1.165) is 30.8 Å². The molecule has 1 aliphatic rings. The van der Waals surface area contributed by atoms with Gasteiger partial charge in [-0.15, -0.1) is 24.8 Å². The largest absolute Gasteiger partial charge is 0.399 e. The molecule has 3 N–H and O–H groups in total. The lowest BCUT2D eigenvalue weighted by molar-refractivity contribution is -0.120. The molecule has 0 aliphatic carbocycles. The third-order valence-corrected chi connectivity index (χ3v) is 4.76. The van der Waals surface area contributed by atoms with Gasteiger partial charge in [0.2, 0.25) is 5.91 Å². The maximum absolute atomic E-state index is 12.1. The fourth-order valence-corrected chi connectivity index (χ4v) is 3.52. The third-order valence-electron chi connectivity index (χ3n) is 4.76. The summed E-state index contributed by atoms with van der Waals surface area (Å²) in [6.07, 6.45) is 0.930. The van der Waals surface area contributed by atoms with Gasteiger partial charge in [0, 0.05) is 31.9 Å². The highest BCUT2D eigenvalue weighted by molar-refractivity contribution is 5.85. The maximum atomic E-state index is 12.1. The number of anilines is 1. The zero-order valence-corrected chi connectivity index (χ0v) is 18.6. The quantitative estimate of drug-likeness (QED) is 0.674. The molecule has 7 heteroatoms. The van der Waals surface area contributed by atoms with E-state index in [9.17, 15) is 4.79 Å². The molecule has 2 atom stereocenters. The van der Waals surface area contributed by atoms with E-state index in [1.165, 1.54) is 5.56 Å². The van der Waals surface area contributed by atoms with Crippen LogP contribution in [0.1, 0.15) is 30.5 Å². The van der Waals surface area contributed by atoms with Crippen molar-refractivity contribution in [2.75, 3.05) is 18.8 Å². The van der Waals surface area contributed by atoms with E-state index in [4.69, 9.17) is 10.5 Å². The van der Waals surface area contributed by atoms with E-state index < -0.39 is 0 Å². The van der Waals surface area contributed by atoms with Gasteiger partial charge < -0.3 is 15.8 Å². The van der Waals surface area contributed by atoms with Crippen LogP contribution in [-0.2, 0) is 29.0 Å². The van der Waals surface area contributed by atoms with Crippen LogP contribution in [0.15, 0.2) is 48.5 Å². The first-order chi connectivity index (χ1) is 13.0. The maximum Gasteiger partial charge on any atom is 0.224 e. The Labute approximate surface area is 185 Å². The lowest BCUT2D eigenvalue weighted by Crippen LogP contribution is -2.44. The molecule has 2 aromatic rings. The van der Waals surface area contributed by atoms with Gasteiger partial charge in [0.05, 0.1) is 18.6 Å². The van der Waals surface area contributed by atoms with Gasteiger partial charge in [0.25, 0.3) is 0 Å². The predicted octanol–water partition coefficient (Wildman–Crippen LogP) is 3.58. The van der Waals surface area contributed by atoms with Crippen molar-refractivity contribution in [3.05, 3.63) is 65.2 Å². The molecule has 160 valence electrons. The topological polar surface area (TPSA) is 67.6 Å². The van der Waals surface area contributed by atoms with Crippen LogP contribution < -0.4 is 11.1 Å². The molecule has 0 aromatic heterocycles. The van der Waals surface area contributed by atoms with Crippen molar-refractivity contribution in [2.45, 2.75) is 45.6 Å². The predicted molar refractivity (Wildman–Crippen MR) is 123 cm³/mol. The molecular weight excluding hydrogens is 409 g/mol. The molecule has 3 rings (SSSR count). The van der Waals surface area contributed by atoms with Crippen molar-refractivity contribution in [2.24, 2.45) is 0 Å². The molecular formula is C22H31Cl2N3O2. The lowest BCUT2D eigenvalue weighted by atomic mass is 10.1. The Morgan fingerprint density at radius 1 is 0.966 bits per heavy atom. The van der Waals surface area contributed by atoms with Gasteiger partial charge in [-0.25, -0.2) is 0 Å². The first-order valence-electron chi connectivity index (χ1n) is 9.54. The normalized spacial score (nSPS) is 19.0. The molecule has 2 unspecified atom stereocenters. The van der Waals surface area contributed by atoms with Gasteiger partial charge in [-0.05, 0) is 42.7 Å². The first-order valence-corrected chi connectivity index (χ1v) is 9.54. The molecule has 0 radical (unpaired) electrons. The van der Waals surface area contributed by atoms with Crippen LogP contribution in [-0.4, -0.2) is 36.1 Å². The Morgan fingerprint density at radius 3 is 2.07 bits per heavy atom. The number of ether oxygens (including phenoxy) is 1. The molecule has 1 amide bonds. The van der Waals surface area contributed by atoms with Crippen molar-refractivity contribution in [1.29, 1.82) is 0 Å². The van der Waals surface area contributed by atoms with Crippen LogP contribution in [0.3, 0.4) is 0 Å². The van der Waals surface area contributed by atoms with Crippen LogP contribution in [0.2, 0.25) is 0 Å². The van der Waals surface area contributed by atoms with Crippen molar-refractivity contribution >= 4 is 36.4 Å². The Hall–Kier alpha value is -1.79. The van der Waals surface area contributed by atoms with Crippen molar-refractivity contribution < 1.29 is 9.53 Å². The smallest absolute Gasteiger partial charge is 0.224 e. The average molecular weight is 440 g/mol. The monoisotopic (exact) mass is 439 g/mol. The van der Waals surface area contributed by atoms with Gasteiger partial charge in [-0.2, -0.15) is 0 Å². The number of halogens is 2. The highest BCUT2D eigenvalue weighted by Crippen LogP contribution is 2.15. The Bertz CT molecular complexity index is 744. The van der Waals surface area contributed by atoms with E-state index in [1.54, 1.807) is 0 Å². The number of amides is 1. The summed E-state index contributed by atoms with van der Waals surface area (Å²) in [6, 6.07) is 15.9. The number of nitrogens with zero attached hydrogens (tertiary/aromatic N) is 1. The molecule has 29 heavy (non-hydrogen) atoms. The number of morpholine rings is 1. The second kappa shape index (κ2) is 12.0. The van der Waals surface area contributed by atoms with Crippen LogP contribution in [0, 0.1) is 0 Å². The van der Waals surface area contributed by atoms with E-state index >= 15 is 0 Å². The Morgan fingerprint density at radius 2 is 1.48 bits per heavy atom. The molecule has 0 bridgehead atoms. The summed E-state index contributed by atoms with van der Waals surface area (Å²) >= 11 is 0. The fraction of sp³-hybridized carbons (Fsp3) is 0.409. The van der Waals surface area contributed by atoms with E-state index in [2.05, 4.69) is 48.3 Å². The minimum atomic E-state index is 0. The van der Waals surface area contributed by atoms with Crippen LogP contribution in [0.4, 0.5) is 5.69 Å². The number of hydrogen-bond donors (Lipinski definition) is 2. The number of benzene rings is 2. The third kappa shape index (κ3) is 8.23. The van der Waals surface area contributed by atoms with Crippen LogP contribution in [0.25, 0.3) is 0 Å². The van der Waals surface area contributed by atoms with E-state index in [1.807, 2.05) is 24.3 Å². The summed E-state index contributed by atoms with van der Waals surface area (Å²) in [5.74, 6) is 0.0140. The van der Waals surface area contributed by atoms with Crippen molar-refractivity contribution in [3.63, 3.8) is 0 Å². The summed E-state index contributed by atoms with van der Waals surface area (Å²) in [5, 5.41) is 2.98. The summed E-state index contributed by atoms with van der Waals surface area (Å²) in [6.45, 7) is 7.65. The van der Waals surface area contributed by atoms with Gasteiger partial charge in [0.15, 0.2) is 0 Å². The summed E-state index contributed by atoms with van der Waals surface area (Å²) in [4.78, 5) is 14.5. The minimum Gasteiger partial charge on any atom is -0.399 e. The van der Waals surface area contributed by atoms with Gasteiger partial charge in [-0.1, -0.05) is 36.4 Å². The van der Waals surface area contributed by atoms with E-state index in [0.29, 0.717) is 18.7 Å². The summed E-state index contributed by atoms with van der Waals surface area (Å²) in [7, 11) is 0. The molecule has 0 spiro atoms. The first kappa shape index (κ1) is 25.2. The lowest BCUT2D eigenvalue weighted by Gasteiger charge is -2.35. The van der Waals surface area contributed by atoms with Crippen LogP contribution >= 0.6 is 24.8 Å². The van der Waals surface area contributed by atoms with Crippen molar-refractivity contribution in [1.82, 2.24) is 10.2 Å². The molecule has 2 aromatic carbocycles. The Kier molecular flexibility index (Phi) is 10.5. The molecule has 1 heterocycles.